The minimum atomic E-state index is -0.595. The van der Waals surface area contributed by atoms with Gasteiger partial charge in [0.05, 0.1) is 5.60 Å². The maximum absolute atomic E-state index is 11.3. The van der Waals surface area contributed by atoms with Gasteiger partial charge >= 0.3 is 6.09 Å². The van der Waals surface area contributed by atoms with Crippen LogP contribution >= 0.6 is 0 Å². The summed E-state index contributed by atoms with van der Waals surface area (Å²) in [5.41, 5.74) is 5.76. The van der Waals surface area contributed by atoms with Crippen molar-refractivity contribution in [3.05, 3.63) is 0 Å². The number of rotatable bonds is 40. The van der Waals surface area contributed by atoms with Crippen LogP contribution in [0.4, 0.5) is 4.79 Å². The zero-order valence-corrected chi connectivity index (χ0v) is 43.1. The van der Waals surface area contributed by atoms with Crippen LogP contribution in [0.5, 0.6) is 0 Å². The van der Waals surface area contributed by atoms with Gasteiger partial charge in [-0.2, -0.15) is 0 Å². The molecule has 1 amide bonds. The van der Waals surface area contributed by atoms with Crippen LogP contribution in [0, 0.1) is 11.3 Å². The summed E-state index contributed by atoms with van der Waals surface area (Å²) in [5.74, 6) is 0.849. The van der Waals surface area contributed by atoms with Crippen LogP contribution in [0.25, 0.3) is 0 Å². The molecule has 0 radical (unpaired) electrons. The quantitative estimate of drug-likeness (QED) is 0.0602. The van der Waals surface area contributed by atoms with E-state index in [0.717, 1.165) is 31.6 Å². The third kappa shape index (κ3) is 61.6. The summed E-state index contributed by atoms with van der Waals surface area (Å²) in [6, 6.07) is 0. The van der Waals surface area contributed by atoms with Gasteiger partial charge in [0.25, 0.3) is 0 Å². The summed E-state index contributed by atoms with van der Waals surface area (Å²) in [6.45, 7) is 24.3. The van der Waals surface area contributed by atoms with Crippen molar-refractivity contribution in [1.82, 2.24) is 0 Å². The Hall–Kier alpha value is -0.810. The molecule has 0 heterocycles. The summed E-state index contributed by atoms with van der Waals surface area (Å²) in [4.78, 5) is 11.3. The van der Waals surface area contributed by atoms with Crippen LogP contribution in [0.15, 0.2) is 0 Å². The molecular formula is C54H115NO4. The second-order valence-electron chi connectivity index (χ2n) is 19.5. The van der Waals surface area contributed by atoms with Crippen LogP contribution in [0.2, 0.25) is 0 Å². The molecule has 0 fully saturated rings. The molecule has 3 N–H and O–H groups in total. The molecule has 0 atom stereocenters. The lowest BCUT2D eigenvalue weighted by Gasteiger charge is -2.25. The van der Waals surface area contributed by atoms with E-state index >= 15 is 0 Å². The number of unbranched alkanes of at least 4 members (excludes halogenated alkanes) is 28. The molecule has 360 valence electrons. The van der Waals surface area contributed by atoms with Gasteiger partial charge in [-0.1, -0.05) is 249 Å². The van der Waals surface area contributed by atoms with Crippen molar-refractivity contribution in [2.45, 2.75) is 319 Å². The molecule has 0 aromatic heterocycles. The average molecular weight is 843 g/mol. The zero-order valence-electron chi connectivity index (χ0n) is 43.1. The standard InChI is InChI=1S/C36H73NO2.C10H22.C6H14O2.C2H6/c1-3-5-7-9-11-13-15-17-19-21-23-25-27-29-31-33-35(39-36(37)38)34-32-30-28-26-24-22-20-18-16-14-12-10-8-6-4-2;1-6-7-10(4,5)8-9(2)3;1-6(2,8-3)4-5-7;1-2/h35H,3-34H2,1-2H3,(H2,37,38);9H,6-8H2,1-5H3;7H,4-5H2,1-3H3;1-2H3. The number of aliphatic hydroxyl groups is 1. The predicted molar refractivity (Wildman–Crippen MR) is 266 cm³/mol. The number of hydrogen-bond acceptors (Lipinski definition) is 4. The molecule has 0 saturated heterocycles. The average Bonchev–Trinajstić information content (AvgIpc) is 3.18. The first kappa shape index (κ1) is 64.8. The SMILES string of the molecule is CC.CCCC(C)(C)CC(C)C.CCCCCCCCCCCCCCCCCC(CCCCCCCCCCCCCCCCC)OC(N)=O.COC(C)(C)CCO. The number of nitrogens with two attached hydrogens (primary N) is 1. The van der Waals surface area contributed by atoms with Crippen molar-refractivity contribution in [3.8, 4) is 0 Å². The number of ether oxygens (including phenoxy) is 2. The van der Waals surface area contributed by atoms with Crippen LogP contribution in [-0.4, -0.2) is 36.6 Å². The second-order valence-corrected chi connectivity index (χ2v) is 19.5. The van der Waals surface area contributed by atoms with Gasteiger partial charge in [-0.25, -0.2) is 4.79 Å². The Kier molecular flexibility index (Phi) is 56.6. The van der Waals surface area contributed by atoms with Gasteiger partial charge in [-0.3, -0.25) is 0 Å². The molecule has 0 rings (SSSR count). The Morgan fingerprint density at radius 2 is 0.797 bits per heavy atom. The number of carbonyl (C=O) groups excluding carboxylic acids is 1. The number of carbonyl (C=O) groups is 1. The minimum absolute atomic E-state index is 0.0337. The van der Waals surface area contributed by atoms with Gasteiger partial charge in [0.1, 0.15) is 6.10 Å². The van der Waals surface area contributed by atoms with Crippen molar-refractivity contribution < 1.29 is 19.4 Å². The normalized spacial score (nSPS) is 11.4. The minimum Gasteiger partial charge on any atom is -0.446 e. The van der Waals surface area contributed by atoms with Crippen molar-refractivity contribution in [2.24, 2.45) is 17.1 Å². The molecular weight excluding hydrogens is 727 g/mol. The number of amides is 1. The molecule has 0 aromatic rings. The fraction of sp³-hybridized carbons (Fsp3) is 0.981. The van der Waals surface area contributed by atoms with E-state index in [0.29, 0.717) is 11.8 Å². The zero-order chi connectivity index (χ0) is 45.3. The van der Waals surface area contributed by atoms with Gasteiger partial charge in [0.2, 0.25) is 0 Å². The molecule has 59 heavy (non-hydrogen) atoms. The van der Waals surface area contributed by atoms with Crippen molar-refractivity contribution >= 4 is 6.09 Å². The summed E-state index contributed by atoms with van der Waals surface area (Å²) >= 11 is 0. The second kappa shape index (κ2) is 51.5. The van der Waals surface area contributed by atoms with Gasteiger partial charge in [0.15, 0.2) is 0 Å². The number of primary amides is 1. The van der Waals surface area contributed by atoms with Crippen LogP contribution in [0.1, 0.15) is 307 Å². The van der Waals surface area contributed by atoms with Crippen LogP contribution in [-0.2, 0) is 9.47 Å². The Morgan fingerprint density at radius 1 is 0.508 bits per heavy atom. The molecule has 0 aliphatic heterocycles. The predicted octanol–water partition coefficient (Wildman–Crippen LogP) is 18.7. The van der Waals surface area contributed by atoms with Crippen LogP contribution in [0.3, 0.4) is 0 Å². The largest absolute Gasteiger partial charge is 0.446 e. The Morgan fingerprint density at radius 3 is 1.00 bits per heavy atom. The Balaban J connectivity index is -0.000000616. The van der Waals surface area contributed by atoms with Crippen molar-refractivity contribution in [1.29, 1.82) is 0 Å². The molecule has 0 saturated carbocycles. The lowest BCUT2D eigenvalue weighted by molar-refractivity contribution is 0.00292. The molecule has 0 aromatic carbocycles. The molecule has 0 bridgehead atoms. The van der Waals surface area contributed by atoms with E-state index in [-0.39, 0.29) is 18.3 Å². The summed E-state index contributed by atoms with van der Waals surface area (Å²) in [6.07, 6.45) is 47.6. The smallest absolute Gasteiger partial charge is 0.404 e. The summed E-state index contributed by atoms with van der Waals surface area (Å²) < 4.78 is 10.4. The van der Waals surface area contributed by atoms with Gasteiger partial charge in [-0.05, 0) is 70.1 Å². The lowest BCUT2D eigenvalue weighted by Crippen LogP contribution is -2.23. The first-order valence-corrected chi connectivity index (χ1v) is 26.4. The van der Waals surface area contributed by atoms with Crippen LogP contribution < -0.4 is 5.73 Å². The molecule has 5 nitrogen and oxygen atoms in total. The summed E-state index contributed by atoms with van der Waals surface area (Å²) in [5, 5.41) is 8.45. The van der Waals surface area contributed by atoms with E-state index in [1.165, 1.54) is 199 Å². The molecule has 0 aliphatic rings. The highest BCUT2D eigenvalue weighted by atomic mass is 16.6. The highest BCUT2D eigenvalue weighted by molar-refractivity contribution is 5.64. The maximum atomic E-state index is 11.3. The van der Waals surface area contributed by atoms with E-state index in [2.05, 4.69) is 48.5 Å². The molecule has 0 spiro atoms. The van der Waals surface area contributed by atoms with E-state index in [9.17, 15) is 4.79 Å². The van der Waals surface area contributed by atoms with E-state index < -0.39 is 6.09 Å². The monoisotopic (exact) mass is 842 g/mol. The lowest BCUT2D eigenvalue weighted by atomic mass is 9.80. The number of hydrogen-bond donors (Lipinski definition) is 2. The number of aliphatic hydroxyl groups excluding tert-OH is 1. The first-order chi connectivity index (χ1) is 28.3. The summed E-state index contributed by atoms with van der Waals surface area (Å²) in [7, 11) is 1.65. The van der Waals surface area contributed by atoms with Crippen molar-refractivity contribution in [2.75, 3.05) is 13.7 Å². The Labute approximate surface area is 374 Å². The molecule has 0 unspecified atom stereocenters. The third-order valence-electron chi connectivity index (χ3n) is 11.7. The van der Waals surface area contributed by atoms with E-state index in [1.54, 1.807) is 7.11 Å². The third-order valence-corrected chi connectivity index (χ3v) is 11.7. The molecule has 5 heteroatoms. The van der Waals surface area contributed by atoms with E-state index in [1.807, 2.05) is 27.7 Å². The number of methoxy groups -OCH3 is 1. The highest BCUT2D eigenvalue weighted by Gasteiger charge is 2.17. The molecule has 0 aliphatic carbocycles. The topological polar surface area (TPSA) is 81.8 Å². The fourth-order valence-corrected chi connectivity index (χ4v) is 8.17. The fourth-order valence-electron chi connectivity index (χ4n) is 8.17. The van der Waals surface area contributed by atoms with E-state index in [4.69, 9.17) is 20.3 Å². The highest BCUT2D eigenvalue weighted by Crippen LogP contribution is 2.30. The van der Waals surface area contributed by atoms with Gasteiger partial charge in [-0.15, -0.1) is 0 Å². The Bertz CT molecular complexity index is 733. The van der Waals surface area contributed by atoms with Gasteiger partial charge < -0.3 is 20.3 Å². The van der Waals surface area contributed by atoms with Crippen molar-refractivity contribution in [3.63, 3.8) is 0 Å². The van der Waals surface area contributed by atoms with Gasteiger partial charge in [0, 0.05) is 13.7 Å². The maximum Gasteiger partial charge on any atom is 0.404 e. The first-order valence-electron chi connectivity index (χ1n) is 26.4.